The number of benzene rings is 2. The van der Waals surface area contributed by atoms with E-state index >= 15 is 0 Å². The van der Waals surface area contributed by atoms with Gasteiger partial charge in [-0.3, -0.25) is 4.79 Å². The summed E-state index contributed by atoms with van der Waals surface area (Å²) in [5.74, 6) is -3.35. The van der Waals surface area contributed by atoms with Gasteiger partial charge in [-0.2, -0.15) is 0 Å². The fraction of sp³-hybridized carbons (Fsp3) is 0.176. The Bertz CT molecular complexity index is 759. The summed E-state index contributed by atoms with van der Waals surface area (Å²) < 4.78 is 30.8. The summed E-state index contributed by atoms with van der Waals surface area (Å²) in [5, 5.41) is 2.32. The second-order valence-electron chi connectivity index (χ2n) is 5.07. The van der Waals surface area contributed by atoms with Crippen LogP contribution >= 0.6 is 0 Å². The molecule has 23 heavy (non-hydrogen) atoms. The Balaban J connectivity index is 1.94. The molecule has 0 heterocycles. The minimum atomic E-state index is -1.07. The van der Waals surface area contributed by atoms with E-state index in [4.69, 9.17) is 4.74 Å². The largest absolute Gasteiger partial charge is 0.452 e. The van der Waals surface area contributed by atoms with Gasteiger partial charge in [0, 0.05) is 11.8 Å². The van der Waals surface area contributed by atoms with Gasteiger partial charge in [0.15, 0.2) is 18.2 Å². The summed E-state index contributed by atoms with van der Waals surface area (Å²) in [7, 11) is 0. The molecular formula is C17H15F2NO3. The molecule has 4 nitrogen and oxygen atoms in total. The van der Waals surface area contributed by atoms with Crippen molar-refractivity contribution in [3.05, 3.63) is 64.7 Å². The van der Waals surface area contributed by atoms with Crippen LogP contribution in [0.25, 0.3) is 0 Å². The van der Waals surface area contributed by atoms with Crippen LogP contribution in [0.4, 0.5) is 14.5 Å². The highest BCUT2D eigenvalue weighted by atomic mass is 19.2. The van der Waals surface area contributed by atoms with Crippen molar-refractivity contribution in [2.24, 2.45) is 0 Å². The summed E-state index contributed by atoms with van der Waals surface area (Å²) in [6.45, 7) is 3.08. The van der Waals surface area contributed by atoms with Crippen LogP contribution in [-0.4, -0.2) is 18.5 Å². The zero-order chi connectivity index (χ0) is 17.0. The number of halogens is 2. The SMILES string of the molecule is Cc1ccc(C)c(C(=O)OCC(=O)Nc2ccc(F)c(F)c2)c1. The normalized spacial score (nSPS) is 10.3. The first-order valence-electron chi connectivity index (χ1n) is 6.86. The maximum Gasteiger partial charge on any atom is 0.338 e. The summed E-state index contributed by atoms with van der Waals surface area (Å²) in [4.78, 5) is 23.7. The standard InChI is InChI=1S/C17H15F2NO3/c1-10-3-4-11(2)13(7-10)17(22)23-9-16(21)20-12-5-6-14(18)15(19)8-12/h3-8H,9H2,1-2H3,(H,20,21). The van der Waals surface area contributed by atoms with Crippen molar-refractivity contribution >= 4 is 17.6 Å². The van der Waals surface area contributed by atoms with E-state index in [9.17, 15) is 18.4 Å². The Kier molecular flexibility index (Phi) is 5.05. The Hall–Kier alpha value is -2.76. The van der Waals surface area contributed by atoms with E-state index in [1.807, 2.05) is 13.0 Å². The third-order valence-corrected chi connectivity index (χ3v) is 3.15. The maximum absolute atomic E-state index is 13.0. The van der Waals surface area contributed by atoms with Crippen molar-refractivity contribution in [2.75, 3.05) is 11.9 Å². The third-order valence-electron chi connectivity index (χ3n) is 3.15. The average molecular weight is 319 g/mol. The van der Waals surface area contributed by atoms with Gasteiger partial charge in [0.05, 0.1) is 5.56 Å². The van der Waals surface area contributed by atoms with Gasteiger partial charge in [-0.15, -0.1) is 0 Å². The Morgan fingerprint density at radius 1 is 1.04 bits per heavy atom. The van der Waals surface area contributed by atoms with Gasteiger partial charge in [0.1, 0.15) is 0 Å². The molecule has 0 unspecified atom stereocenters. The van der Waals surface area contributed by atoms with E-state index in [1.165, 1.54) is 6.07 Å². The molecule has 0 aromatic heterocycles. The molecule has 6 heteroatoms. The average Bonchev–Trinajstić information content (AvgIpc) is 2.51. The van der Waals surface area contributed by atoms with E-state index < -0.39 is 30.1 Å². The molecule has 2 aromatic rings. The van der Waals surface area contributed by atoms with Gasteiger partial charge in [0.25, 0.3) is 5.91 Å². The lowest BCUT2D eigenvalue weighted by molar-refractivity contribution is -0.119. The lowest BCUT2D eigenvalue weighted by atomic mass is 10.1. The number of carbonyl (C=O) groups excluding carboxylic acids is 2. The molecule has 0 spiro atoms. The number of hydrogen-bond donors (Lipinski definition) is 1. The van der Waals surface area contributed by atoms with Crippen molar-refractivity contribution in [2.45, 2.75) is 13.8 Å². The highest BCUT2D eigenvalue weighted by Crippen LogP contribution is 2.14. The fourth-order valence-corrected chi connectivity index (χ4v) is 1.94. The molecular weight excluding hydrogens is 304 g/mol. The molecule has 1 amide bonds. The molecule has 0 radical (unpaired) electrons. The number of nitrogens with one attached hydrogen (secondary N) is 1. The van der Waals surface area contributed by atoms with E-state index in [-0.39, 0.29) is 5.69 Å². The van der Waals surface area contributed by atoms with Crippen molar-refractivity contribution in [1.29, 1.82) is 0 Å². The molecule has 1 N–H and O–H groups in total. The van der Waals surface area contributed by atoms with Gasteiger partial charge in [-0.05, 0) is 37.6 Å². The van der Waals surface area contributed by atoms with Crippen LogP contribution in [-0.2, 0) is 9.53 Å². The molecule has 0 fully saturated rings. The first-order valence-corrected chi connectivity index (χ1v) is 6.86. The number of amides is 1. The van der Waals surface area contributed by atoms with E-state index in [1.54, 1.807) is 19.1 Å². The quantitative estimate of drug-likeness (QED) is 0.879. The van der Waals surface area contributed by atoms with Gasteiger partial charge in [-0.25, -0.2) is 13.6 Å². The van der Waals surface area contributed by atoms with Crippen LogP contribution in [0.1, 0.15) is 21.5 Å². The molecule has 120 valence electrons. The molecule has 0 aliphatic heterocycles. The van der Waals surface area contributed by atoms with Gasteiger partial charge >= 0.3 is 5.97 Å². The minimum Gasteiger partial charge on any atom is -0.452 e. The summed E-state index contributed by atoms with van der Waals surface area (Å²) in [6.07, 6.45) is 0. The summed E-state index contributed by atoms with van der Waals surface area (Å²) in [5.41, 5.74) is 2.10. The van der Waals surface area contributed by atoms with E-state index in [0.29, 0.717) is 5.56 Å². The lowest BCUT2D eigenvalue weighted by Crippen LogP contribution is -2.21. The zero-order valence-electron chi connectivity index (χ0n) is 12.7. The fourth-order valence-electron chi connectivity index (χ4n) is 1.94. The number of carbonyl (C=O) groups is 2. The lowest BCUT2D eigenvalue weighted by Gasteiger charge is -2.09. The van der Waals surface area contributed by atoms with Crippen molar-refractivity contribution in [3.63, 3.8) is 0 Å². The smallest absolute Gasteiger partial charge is 0.338 e. The molecule has 0 atom stereocenters. The molecule has 2 aromatic carbocycles. The van der Waals surface area contributed by atoms with Crippen molar-refractivity contribution in [1.82, 2.24) is 0 Å². The molecule has 2 rings (SSSR count). The van der Waals surface area contributed by atoms with E-state index in [2.05, 4.69) is 5.32 Å². The predicted molar refractivity (Wildman–Crippen MR) is 81.2 cm³/mol. The number of ether oxygens (including phenoxy) is 1. The number of rotatable bonds is 4. The second kappa shape index (κ2) is 7.00. The van der Waals surface area contributed by atoms with Crippen LogP contribution in [0.2, 0.25) is 0 Å². The molecule has 0 aliphatic rings. The summed E-state index contributed by atoms with van der Waals surface area (Å²) >= 11 is 0. The maximum atomic E-state index is 13.0. The molecule has 0 saturated heterocycles. The Morgan fingerprint density at radius 3 is 2.48 bits per heavy atom. The van der Waals surface area contributed by atoms with Crippen LogP contribution in [0, 0.1) is 25.5 Å². The highest BCUT2D eigenvalue weighted by Gasteiger charge is 2.13. The van der Waals surface area contributed by atoms with Gasteiger partial charge in [-0.1, -0.05) is 17.7 Å². The van der Waals surface area contributed by atoms with Gasteiger partial charge in [0.2, 0.25) is 0 Å². The topological polar surface area (TPSA) is 55.4 Å². The molecule has 0 saturated carbocycles. The van der Waals surface area contributed by atoms with Crippen LogP contribution in [0.3, 0.4) is 0 Å². The number of aryl methyl sites for hydroxylation is 2. The molecule has 0 aliphatic carbocycles. The second-order valence-corrected chi connectivity index (χ2v) is 5.07. The Morgan fingerprint density at radius 2 is 1.78 bits per heavy atom. The number of hydrogen-bond acceptors (Lipinski definition) is 3. The summed E-state index contributed by atoms with van der Waals surface area (Å²) in [6, 6.07) is 8.27. The van der Waals surface area contributed by atoms with Crippen LogP contribution in [0.5, 0.6) is 0 Å². The third kappa shape index (κ3) is 4.35. The minimum absolute atomic E-state index is 0.0803. The number of anilines is 1. The van der Waals surface area contributed by atoms with Crippen molar-refractivity contribution < 1.29 is 23.1 Å². The van der Waals surface area contributed by atoms with Crippen molar-refractivity contribution in [3.8, 4) is 0 Å². The van der Waals surface area contributed by atoms with Crippen LogP contribution in [0.15, 0.2) is 36.4 Å². The monoisotopic (exact) mass is 319 g/mol. The molecule has 0 bridgehead atoms. The zero-order valence-corrected chi connectivity index (χ0v) is 12.7. The Labute approximate surface area is 132 Å². The van der Waals surface area contributed by atoms with Gasteiger partial charge < -0.3 is 10.1 Å². The van der Waals surface area contributed by atoms with Crippen LogP contribution < -0.4 is 5.32 Å². The first-order chi connectivity index (χ1) is 10.9. The predicted octanol–water partition coefficient (Wildman–Crippen LogP) is 3.38. The highest BCUT2D eigenvalue weighted by molar-refractivity contribution is 5.96. The first kappa shape index (κ1) is 16.6. The van der Waals surface area contributed by atoms with E-state index in [0.717, 1.165) is 23.3 Å². The number of esters is 1.